The van der Waals surface area contributed by atoms with Gasteiger partial charge in [0.05, 0.1) is 11.1 Å². The summed E-state index contributed by atoms with van der Waals surface area (Å²) in [5, 5.41) is 3.90. The lowest BCUT2D eigenvalue weighted by molar-refractivity contribution is -0.0807. The number of hydrogen-bond acceptors (Lipinski definition) is 5. The van der Waals surface area contributed by atoms with Crippen molar-refractivity contribution in [1.82, 2.24) is 9.97 Å². The zero-order valence-electron chi connectivity index (χ0n) is 12.9. The quantitative estimate of drug-likeness (QED) is 0.916. The van der Waals surface area contributed by atoms with Crippen LogP contribution in [0, 0.1) is 0 Å². The zero-order chi connectivity index (χ0) is 16.3. The molecule has 124 valence electrons. The van der Waals surface area contributed by atoms with Crippen molar-refractivity contribution < 1.29 is 18.3 Å². The van der Waals surface area contributed by atoms with Crippen LogP contribution < -0.4 is 5.32 Å². The molecular formula is C16H19F2N3O2. The summed E-state index contributed by atoms with van der Waals surface area (Å²) >= 11 is 0. The van der Waals surface area contributed by atoms with Crippen LogP contribution in [0.3, 0.4) is 0 Å². The number of hydrogen-bond donors (Lipinski definition) is 1. The highest BCUT2D eigenvalue weighted by atomic mass is 19.3. The summed E-state index contributed by atoms with van der Waals surface area (Å²) in [6.07, 6.45) is -1.21. The Balaban J connectivity index is 1.89. The molecule has 23 heavy (non-hydrogen) atoms. The second-order valence-corrected chi connectivity index (χ2v) is 5.60. The maximum Gasteiger partial charge on any atom is 0.297 e. The highest BCUT2D eigenvalue weighted by Crippen LogP contribution is 2.28. The van der Waals surface area contributed by atoms with Gasteiger partial charge in [-0.05, 0) is 12.1 Å². The van der Waals surface area contributed by atoms with Crippen molar-refractivity contribution in [2.75, 3.05) is 32.2 Å². The number of benzene rings is 1. The summed E-state index contributed by atoms with van der Waals surface area (Å²) < 4.78 is 37.1. The largest absolute Gasteiger partial charge is 0.381 e. The first-order chi connectivity index (χ1) is 11.1. The van der Waals surface area contributed by atoms with Gasteiger partial charge in [0.15, 0.2) is 5.82 Å². The zero-order valence-corrected chi connectivity index (χ0v) is 12.9. The number of aromatic nitrogens is 2. The molecule has 1 saturated heterocycles. The van der Waals surface area contributed by atoms with Crippen molar-refractivity contribution in [2.45, 2.75) is 24.9 Å². The lowest BCUT2D eigenvalue weighted by Crippen LogP contribution is -2.44. The van der Waals surface area contributed by atoms with E-state index in [1.807, 2.05) is 12.1 Å². The van der Waals surface area contributed by atoms with Gasteiger partial charge >= 0.3 is 0 Å². The third kappa shape index (κ3) is 3.40. The average Bonchev–Trinajstić information content (AvgIpc) is 2.60. The van der Waals surface area contributed by atoms with Crippen LogP contribution in [0.4, 0.5) is 14.6 Å². The number of fused-ring (bicyclic) bond motifs is 1. The van der Waals surface area contributed by atoms with Gasteiger partial charge in [-0.2, -0.15) is 0 Å². The Morgan fingerprint density at radius 3 is 2.70 bits per heavy atom. The molecule has 2 heterocycles. The van der Waals surface area contributed by atoms with Crippen LogP contribution >= 0.6 is 0 Å². The van der Waals surface area contributed by atoms with Crippen LogP contribution in [-0.2, 0) is 9.47 Å². The molecule has 7 heteroatoms. The molecule has 0 spiro atoms. The number of alkyl halides is 2. The monoisotopic (exact) mass is 323 g/mol. The summed E-state index contributed by atoms with van der Waals surface area (Å²) in [6, 6.07) is 7.12. The Morgan fingerprint density at radius 1 is 1.26 bits per heavy atom. The Hall–Kier alpha value is -1.86. The first kappa shape index (κ1) is 16.0. The maximum absolute atomic E-state index is 13.0. The topological polar surface area (TPSA) is 56.3 Å². The second kappa shape index (κ2) is 6.72. The summed E-state index contributed by atoms with van der Waals surface area (Å²) in [5.41, 5.74) is 0.133. The second-order valence-electron chi connectivity index (χ2n) is 5.60. The van der Waals surface area contributed by atoms with E-state index >= 15 is 0 Å². The van der Waals surface area contributed by atoms with Crippen molar-refractivity contribution in [2.24, 2.45) is 0 Å². The molecule has 0 bridgehead atoms. The summed E-state index contributed by atoms with van der Waals surface area (Å²) in [6.45, 7) is 1.74. The molecule has 1 aromatic carbocycles. The maximum atomic E-state index is 13.0. The van der Waals surface area contributed by atoms with E-state index in [1.165, 1.54) is 0 Å². The Morgan fingerprint density at radius 2 is 2.00 bits per heavy atom. The summed E-state index contributed by atoms with van der Waals surface area (Å²) in [7, 11) is 1.66. The highest BCUT2D eigenvalue weighted by molar-refractivity contribution is 5.89. The fraction of sp³-hybridized carbons (Fsp3) is 0.500. The van der Waals surface area contributed by atoms with Crippen LogP contribution in [0.1, 0.15) is 25.1 Å². The molecule has 1 aromatic heterocycles. The number of nitrogens with zero attached hydrogens (tertiary/aromatic N) is 2. The van der Waals surface area contributed by atoms with E-state index in [1.54, 1.807) is 19.2 Å². The van der Waals surface area contributed by atoms with Gasteiger partial charge in [0.1, 0.15) is 5.82 Å². The Bertz CT molecular complexity index is 675. The first-order valence-corrected chi connectivity index (χ1v) is 7.55. The molecule has 0 radical (unpaired) electrons. The van der Waals surface area contributed by atoms with Crippen LogP contribution in [0.15, 0.2) is 24.3 Å². The van der Waals surface area contributed by atoms with Crippen LogP contribution in [-0.4, -0.2) is 42.4 Å². The van der Waals surface area contributed by atoms with E-state index in [2.05, 4.69) is 15.3 Å². The molecule has 2 aromatic rings. The number of ether oxygens (including phenoxy) is 2. The Kier molecular flexibility index (Phi) is 4.68. The van der Waals surface area contributed by atoms with Gasteiger partial charge in [0.2, 0.25) is 0 Å². The predicted molar refractivity (Wildman–Crippen MR) is 82.8 cm³/mol. The van der Waals surface area contributed by atoms with Gasteiger partial charge in [-0.3, -0.25) is 0 Å². The molecule has 1 aliphatic heterocycles. The van der Waals surface area contributed by atoms with E-state index < -0.39 is 12.2 Å². The van der Waals surface area contributed by atoms with E-state index in [0.29, 0.717) is 31.1 Å². The number of methoxy groups -OCH3 is 1. The highest BCUT2D eigenvalue weighted by Gasteiger charge is 2.32. The lowest BCUT2D eigenvalue weighted by atomic mass is 9.94. The van der Waals surface area contributed by atoms with Crippen molar-refractivity contribution in [3.05, 3.63) is 30.1 Å². The number of nitrogens with one attached hydrogen (secondary N) is 1. The molecule has 0 aliphatic carbocycles. The van der Waals surface area contributed by atoms with Gasteiger partial charge in [-0.25, -0.2) is 18.7 Å². The number of rotatable bonds is 5. The van der Waals surface area contributed by atoms with Crippen molar-refractivity contribution in [3.8, 4) is 0 Å². The van der Waals surface area contributed by atoms with Gasteiger partial charge < -0.3 is 14.8 Å². The Labute approximate surface area is 133 Å². The third-order valence-electron chi connectivity index (χ3n) is 4.23. The normalized spacial score (nSPS) is 17.6. The number of anilines is 1. The third-order valence-corrected chi connectivity index (χ3v) is 4.23. The molecule has 0 atom stereocenters. The van der Waals surface area contributed by atoms with Crippen molar-refractivity contribution in [3.63, 3.8) is 0 Å². The van der Waals surface area contributed by atoms with Gasteiger partial charge in [0.25, 0.3) is 6.43 Å². The number of halogens is 2. The SMILES string of the molecule is COC1(CNc2nc(C(F)F)nc3ccccc23)CCOCC1. The van der Waals surface area contributed by atoms with Gasteiger partial charge in [0, 0.05) is 45.1 Å². The van der Waals surface area contributed by atoms with Gasteiger partial charge in [-0.15, -0.1) is 0 Å². The molecule has 3 rings (SSSR count). The average molecular weight is 323 g/mol. The standard InChI is InChI=1S/C16H19F2N3O2/c1-22-16(6-8-23-9-7-16)10-19-14-11-4-2-3-5-12(11)20-15(21-14)13(17)18/h2-5,13H,6-10H2,1H3,(H,19,20,21). The van der Waals surface area contributed by atoms with E-state index in [-0.39, 0.29) is 5.60 Å². The van der Waals surface area contributed by atoms with Crippen LogP contribution in [0.2, 0.25) is 0 Å². The minimum Gasteiger partial charge on any atom is -0.381 e. The molecule has 0 amide bonds. The summed E-state index contributed by atoms with van der Waals surface area (Å²) in [5.74, 6) is -0.0570. The van der Waals surface area contributed by atoms with Crippen molar-refractivity contribution in [1.29, 1.82) is 0 Å². The molecule has 1 fully saturated rings. The molecule has 0 unspecified atom stereocenters. The van der Waals surface area contributed by atoms with E-state index in [9.17, 15) is 8.78 Å². The fourth-order valence-electron chi connectivity index (χ4n) is 2.77. The molecule has 1 N–H and O–H groups in total. The van der Waals surface area contributed by atoms with Gasteiger partial charge in [-0.1, -0.05) is 12.1 Å². The molecule has 0 saturated carbocycles. The molecule has 1 aliphatic rings. The minimum atomic E-state index is -2.71. The first-order valence-electron chi connectivity index (χ1n) is 7.55. The van der Waals surface area contributed by atoms with E-state index in [0.717, 1.165) is 18.2 Å². The van der Waals surface area contributed by atoms with Crippen molar-refractivity contribution >= 4 is 16.7 Å². The molecule has 5 nitrogen and oxygen atoms in total. The summed E-state index contributed by atoms with van der Waals surface area (Å²) in [4.78, 5) is 7.91. The van der Waals surface area contributed by atoms with Crippen LogP contribution in [0.5, 0.6) is 0 Å². The lowest BCUT2D eigenvalue weighted by Gasteiger charge is -2.36. The van der Waals surface area contributed by atoms with E-state index in [4.69, 9.17) is 9.47 Å². The minimum absolute atomic E-state index is 0.366. The smallest absolute Gasteiger partial charge is 0.297 e. The number of para-hydroxylation sites is 1. The fourth-order valence-corrected chi connectivity index (χ4v) is 2.77. The predicted octanol–water partition coefficient (Wildman–Crippen LogP) is 3.17. The van der Waals surface area contributed by atoms with Crippen LogP contribution in [0.25, 0.3) is 10.9 Å². The molecular weight excluding hydrogens is 304 g/mol.